The molecule has 0 aromatic heterocycles. The summed E-state index contributed by atoms with van der Waals surface area (Å²) in [6.45, 7) is 5.25. The maximum absolute atomic E-state index is 12.8. The Kier molecular flexibility index (Phi) is 6.02. The average Bonchev–Trinajstić information content (AvgIpc) is 2.94. The predicted molar refractivity (Wildman–Crippen MR) is 105 cm³/mol. The highest BCUT2D eigenvalue weighted by Gasteiger charge is 2.22. The van der Waals surface area contributed by atoms with E-state index in [-0.39, 0.29) is 11.6 Å². The van der Waals surface area contributed by atoms with Gasteiger partial charge in [0, 0.05) is 49.9 Å². The minimum atomic E-state index is -0.451. The minimum absolute atomic E-state index is 0.0249. The molecular formula is C21H22N4O3. The molecule has 0 saturated carbocycles. The highest BCUT2D eigenvalue weighted by molar-refractivity contribution is 5.95. The fourth-order valence-electron chi connectivity index (χ4n) is 3.40. The van der Waals surface area contributed by atoms with Crippen molar-refractivity contribution in [2.75, 3.05) is 26.2 Å². The Morgan fingerprint density at radius 2 is 1.89 bits per heavy atom. The Bertz CT molecular complexity index is 918. The Morgan fingerprint density at radius 3 is 2.57 bits per heavy atom. The lowest BCUT2D eigenvalue weighted by molar-refractivity contribution is -0.385. The summed E-state index contributed by atoms with van der Waals surface area (Å²) in [5.74, 6) is -0.164. The molecule has 0 bridgehead atoms. The van der Waals surface area contributed by atoms with Crippen molar-refractivity contribution in [3.05, 3.63) is 74.8 Å². The van der Waals surface area contributed by atoms with Crippen LogP contribution in [0.15, 0.2) is 42.5 Å². The van der Waals surface area contributed by atoms with E-state index in [0.717, 1.165) is 31.6 Å². The molecule has 1 aliphatic heterocycles. The number of nitrogens with zero attached hydrogens (tertiary/aromatic N) is 4. The van der Waals surface area contributed by atoms with Crippen molar-refractivity contribution in [1.29, 1.82) is 5.26 Å². The lowest BCUT2D eigenvalue weighted by atomic mass is 10.1. The molecule has 1 amide bonds. The van der Waals surface area contributed by atoms with Gasteiger partial charge in [-0.3, -0.25) is 19.8 Å². The second-order valence-corrected chi connectivity index (χ2v) is 6.99. The summed E-state index contributed by atoms with van der Waals surface area (Å²) in [6.07, 6.45) is 0.843. The zero-order chi connectivity index (χ0) is 20.1. The van der Waals surface area contributed by atoms with Crippen LogP contribution >= 0.6 is 0 Å². The number of nitro groups is 1. The van der Waals surface area contributed by atoms with Gasteiger partial charge in [-0.05, 0) is 37.1 Å². The second-order valence-electron chi connectivity index (χ2n) is 6.99. The highest BCUT2D eigenvalue weighted by Crippen LogP contribution is 2.21. The lowest BCUT2D eigenvalue weighted by Crippen LogP contribution is -2.35. The largest absolute Gasteiger partial charge is 0.337 e. The molecule has 28 heavy (non-hydrogen) atoms. The fraction of sp³-hybridized carbons (Fsp3) is 0.333. The first-order chi connectivity index (χ1) is 13.5. The van der Waals surface area contributed by atoms with Crippen molar-refractivity contribution in [1.82, 2.24) is 9.80 Å². The van der Waals surface area contributed by atoms with E-state index in [9.17, 15) is 14.9 Å². The van der Waals surface area contributed by atoms with Crippen molar-refractivity contribution in [3.63, 3.8) is 0 Å². The van der Waals surface area contributed by atoms with Crippen LogP contribution < -0.4 is 0 Å². The first kappa shape index (κ1) is 19.5. The topological polar surface area (TPSA) is 90.5 Å². The molecule has 0 N–H and O–H groups in total. The number of rotatable bonds is 4. The minimum Gasteiger partial charge on any atom is -0.337 e. The van der Waals surface area contributed by atoms with Crippen LogP contribution in [0.25, 0.3) is 0 Å². The molecule has 1 aliphatic rings. The van der Waals surface area contributed by atoms with Gasteiger partial charge in [0.2, 0.25) is 0 Å². The second kappa shape index (κ2) is 8.63. The number of nitriles is 1. The van der Waals surface area contributed by atoms with Gasteiger partial charge in [0.05, 0.1) is 16.6 Å². The molecule has 0 radical (unpaired) electrons. The van der Waals surface area contributed by atoms with E-state index in [0.29, 0.717) is 29.8 Å². The van der Waals surface area contributed by atoms with E-state index in [1.54, 1.807) is 24.0 Å². The smallest absolute Gasteiger partial charge is 0.273 e. The maximum Gasteiger partial charge on any atom is 0.273 e. The van der Waals surface area contributed by atoms with Crippen LogP contribution in [-0.4, -0.2) is 46.8 Å². The van der Waals surface area contributed by atoms with Crippen LogP contribution in [0.4, 0.5) is 5.69 Å². The third kappa shape index (κ3) is 4.53. The number of amides is 1. The normalized spacial score (nSPS) is 14.9. The van der Waals surface area contributed by atoms with Gasteiger partial charge in [0.1, 0.15) is 0 Å². The third-order valence-electron chi connectivity index (χ3n) is 5.02. The Morgan fingerprint density at radius 1 is 1.14 bits per heavy atom. The standard InChI is InChI=1S/C21H22N4O3/c1-16-3-8-19(13-20(16)25(27)28)21(26)24-10-2-9-23(11-12-24)15-18-6-4-17(14-22)5-7-18/h3-8,13H,2,9-12,15H2,1H3. The maximum atomic E-state index is 12.8. The van der Waals surface area contributed by atoms with Gasteiger partial charge in [-0.15, -0.1) is 0 Å². The van der Waals surface area contributed by atoms with E-state index in [1.165, 1.54) is 6.07 Å². The lowest BCUT2D eigenvalue weighted by Gasteiger charge is -2.22. The molecule has 0 unspecified atom stereocenters. The fourth-order valence-corrected chi connectivity index (χ4v) is 3.40. The van der Waals surface area contributed by atoms with Gasteiger partial charge in [-0.25, -0.2) is 0 Å². The zero-order valence-electron chi connectivity index (χ0n) is 15.8. The van der Waals surface area contributed by atoms with Crippen LogP contribution in [0.2, 0.25) is 0 Å². The Hall–Kier alpha value is -3.24. The van der Waals surface area contributed by atoms with E-state index in [2.05, 4.69) is 11.0 Å². The molecule has 2 aromatic carbocycles. The predicted octanol–water partition coefficient (Wildman–Crippen LogP) is 3.12. The Balaban J connectivity index is 1.64. The summed E-state index contributed by atoms with van der Waals surface area (Å²) >= 11 is 0. The first-order valence-electron chi connectivity index (χ1n) is 9.23. The number of carbonyl (C=O) groups excluding carboxylic acids is 1. The summed E-state index contributed by atoms with van der Waals surface area (Å²) in [6, 6.07) is 14.3. The van der Waals surface area contributed by atoms with Crippen LogP contribution in [0.1, 0.15) is 33.5 Å². The Labute approximate surface area is 163 Å². The number of aryl methyl sites for hydroxylation is 1. The first-order valence-corrected chi connectivity index (χ1v) is 9.23. The van der Waals surface area contributed by atoms with Gasteiger partial charge in [-0.2, -0.15) is 5.26 Å². The number of nitro benzene ring substituents is 1. The number of hydrogen-bond donors (Lipinski definition) is 0. The molecule has 0 spiro atoms. The zero-order valence-corrected chi connectivity index (χ0v) is 15.8. The van der Waals surface area contributed by atoms with E-state index in [1.807, 2.05) is 24.3 Å². The molecule has 3 rings (SSSR count). The third-order valence-corrected chi connectivity index (χ3v) is 5.02. The summed E-state index contributed by atoms with van der Waals surface area (Å²) in [4.78, 5) is 27.6. The quantitative estimate of drug-likeness (QED) is 0.602. The molecule has 1 saturated heterocycles. The highest BCUT2D eigenvalue weighted by atomic mass is 16.6. The van der Waals surface area contributed by atoms with Crippen molar-refractivity contribution in [3.8, 4) is 6.07 Å². The summed E-state index contributed by atoms with van der Waals surface area (Å²) in [7, 11) is 0. The molecular weight excluding hydrogens is 356 g/mol. The van der Waals surface area contributed by atoms with Gasteiger partial charge < -0.3 is 4.90 Å². The van der Waals surface area contributed by atoms with Crippen LogP contribution in [0.3, 0.4) is 0 Å². The molecule has 1 heterocycles. The SMILES string of the molecule is Cc1ccc(C(=O)N2CCCN(Cc3ccc(C#N)cc3)CC2)cc1[N+](=O)[O-]. The van der Waals surface area contributed by atoms with Crippen molar-refractivity contribution in [2.24, 2.45) is 0 Å². The van der Waals surface area contributed by atoms with Gasteiger partial charge in [0.25, 0.3) is 11.6 Å². The molecule has 0 aliphatic carbocycles. The van der Waals surface area contributed by atoms with Gasteiger partial charge in [-0.1, -0.05) is 18.2 Å². The summed E-state index contributed by atoms with van der Waals surface area (Å²) in [5, 5.41) is 20.0. The van der Waals surface area contributed by atoms with Gasteiger partial charge in [0.15, 0.2) is 0 Å². The number of carbonyl (C=O) groups is 1. The molecule has 144 valence electrons. The van der Waals surface area contributed by atoms with Crippen LogP contribution in [-0.2, 0) is 6.54 Å². The molecule has 7 heteroatoms. The molecule has 1 fully saturated rings. The van der Waals surface area contributed by atoms with Crippen LogP contribution in [0, 0.1) is 28.4 Å². The van der Waals surface area contributed by atoms with E-state index >= 15 is 0 Å². The summed E-state index contributed by atoms with van der Waals surface area (Å²) < 4.78 is 0. The average molecular weight is 378 g/mol. The molecule has 2 aromatic rings. The molecule has 0 atom stereocenters. The van der Waals surface area contributed by atoms with Crippen molar-refractivity contribution < 1.29 is 9.72 Å². The van der Waals surface area contributed by atoms with E-state index in [4.69, 9.17) is 5.26 Å². The number of hydrogen-bond acceptors (Lipinski definition) is 5. The van der Waals surface area contributed by atoms with E-state index < -0.39 is 4.92 Å². The van der Waals surface area contributed by atoms with Crippen molar-refractivity contribution >= 4 is 11.6 Å². The molecule has 7 nitrogen and oxygen atoms in total. The number of benzene rings is 2. The van der Waals surface area contributed by atoms with Gasteiger partial charge >= 0.3 is 0 Å². The monoisotopic (exact) mass is 378 g/mol. The van der Waals surface area contributed by atoms with Crippen LogP contribution in [0.5, 0.6) is 0 Å². The summed E-state index contributed by atoms with van der Waals surface area (Å²) in [5.41, 5.74) is 2.66. The van der Waals surface area contributed by atoms with Crippen molar-refractivity contribution in [2.45, 2.75) is 19.9 Å².